The van der Waals surface area contributed by atoms with Crippen molar-refractivity contribution < 1.29 is 4.42 Å². The fourth-order valence-electron chi connectivity index (χ4n) is 1.59. The zero-order valence-electron chi connectivity index (χ0n) is 11.6. The molecule has 6 nitrogen and oxygen atoms in total. The topological polar surface area (TPSA) is 73.3 Å². The van der Waals surface area contributed by atoms with Crippen LogP contribution in [0.2, 0.25) is 0 Å². The van der Waals surface area contributed by atoms with Crippen LogP contribution in [-0.2, 0) is 0 Å². The summed E-state index contributed by atoms with van der Waals surface area (Å²) in [6.45, 7) is 3.95. The summed E-state index contributed by atoms with van der Waals surface area (Å²) in [5, 5.41) is 12.7. The Morgan fingerprint density at radius 3 is 2.95 bits per heavy atom. The maximum absolute atomic E-state index is 12.4. The third-order valence-corrected chi connectivity index (χ3v) is 3.56. The maximum atomic E-state index is 12.4. The molecular formula is C13H16N4O2S. The summed E-state index contributed by atoms with van der Waals surface area (Å²) in [4.78, 5) is 12.4. The summed E-state index contributed by atoms with van der Waals surface area (Å²) in [6.07, 6.45) is 5.69. The molecule has 0 amide bonds. The van der Waals surface area contributed by atoms with E-state index in [9.17, 15) is 4.79 Å². The summed E-state index contributed by atoms with van der Waals surface area (Å²) in [5.41, 5.74) is 0.198. The second-order valence-electron chi connectivity index (χ2n) is 4.26. The van der Waals surface area contributed by atoms with Gasteiger partial charge in [0, 0.05) is 5.92 Å². The first-order valence-electron chi connectivity index (χ1n) is 6.28. The molecule has 0 bridgehead atoms. The number of hydrogen-bond donors (Lipinski definition) is 0. The van der Waals surface area contributed by atoms with E-state index in [0.29, 0.717) is 16.6 Å². The van der Waals surface area contributed by atoms with Crippen molar-refractivity contribution in [1.29, 1.82) is 0 Å². The van der Waals surface area contributed by atoms with E-state index in [1.807, 2.05) is 20.1 Å². The van der Waals surface area contributed by atoms with Gasteiger partial charge in [-0.25, -0.2) is 0 Å². The van der Waals surface area contributed by atoms with Crippen molar-refractivity contribution in [2.45, 2.75) is 31.3 Å². The fraction of sp³-hybridized carbons (Fsp3) is 0.385. The lowest BCUT2D eigenvalue weighted by Crippen LogP contribution is -2.26. The van der Waals surface area contributed by atoms with Gasteiger partial charge in [0.2, 0.25) is 5.16 Å². The Balaban J connectivity index is 2.46. The van der Waals surface area contributed by atoms with Gasteiger partial charge in [-0.1, -0.05) is 25.6 Å². The molecule has 0 spiro atoms. The molecule has 0 aliphatic carbocycles. The van der Waals surface area contributed by atoms with E-state index < -0.39 is 0 Å². The SMILES string of the molecule is CCC(C)c1nnc(SC)n(N=Cc2ccco2)c1=O. The van der Waals surface area contributed by atoms with Gasteiger partial charge in [0.1, 0.15) is 11.5 Å². The zero-order valence-corrected chi connectivity index (χ0v) is 12.4. The van der Waals surface area contributed by atoms with E-state index in [1.54, 1.807) is 18.4 Å². The molecule has 0 fully saturated rings. The van der Waals surface area contributed by atoms with E-state index in [-0.39, 0.29) is 11.5 Å². The predicted molar refractivity (Wildman–Crippen MR) is 78.5 cm³/mol. The largest absolute Gasteiger partial charge is 0.463 e. The highest BCUT2D eigenvalue weighted by atomic mass is 32.2. The Kier molecular flexibility index (Phi) is 4.73. The Morgan fingerprint density at radius 2 is 2.35 bits per heavy atom. The van der Waals surface area contributed by atoms with Gasteiger partial charge in [-0.2, -0.15) is 9.78 Å². The number of hydrogen-bond acceptors (Lipinski definition) is 6. The number of furan rings is 1. The minimum absolute atomic E-state index is 0.0518. The van der Waals surface area contributed by atoms with Gasteiger partial charge >= 0.3 is 0 Å². The first kappa shape index (κ1) is 14.5. The van der Waals surface area contributed by atoms with E-state index in [2.05, 4.69) is 15.3 Å². The highest BCUT2D eigenvalue weighted by Crippen LogP contribution is 2.14. The van der Waals surface area contributed by atoms with Crippen molar-refractivity contribution in [3.63, 3.8) is 0 Å². The van der Waals surface area contributed by atoms with Crippen molar-refractivity contribution in [2.24, 2.45) is 5.10 Å². The minimum atomic E-state index is -0.235. The van der Waals surface area contributed by atoms with Crippen molar-refractivity contribution in [1.82, 2.24) is 14.9 Å². The Bertz CT molecular complexity index is 649. The third kappa shape index (κ3) is 2.98. The third-order valence-electron chi connectivity index (χ3n) is 2.94. The summed E-state index contributed by atoms with van der Waals surface area (Å²) >= 11 is 1.32. The minimum Gasteiger partial charge on any atom is -0.463 e. The van der Waals surface area contributed by atoms with Crippen LogP contribution in [-0.4, -0.2) is 27.3 Å². The number of thioether (sulfide) groups is 1. The van der Waals surface area contributed by atoms with E-state index in [4.69, 9.17) is 4.42 Å². The number of rotatable bonds is 5. The number of aromatic nitrogens is 3. The van der Waals surface area contributed by atoms with Crippen LogP contribution in [0.25, 0.3) is 0 Å². The predicted octanol–water partition coefficient (Wildman–Crippen LogP) is 2.35. The summed E-state index contributed by atoms with van der Waals surface area (Å²) in [6, 6.07) is 3.52. The molecule has 1 atom stereocenters. The quantitative estimate of drug-likeness (QED) is 0.624. The normalized spacial score (nSPS) is 12.9. The molecule has 106 valence electrons. The van der Waals surface area contributed by atoms with E-state index in [1.165, 1.54) is 22.7 Å². The van der Waals surface area contributed by atoms with Gasteiger partial charge in [0.25, 0.3) is 5.56 Å². The van der Waals surface area contributed by atoms with E-state index in [0.717, 1.165) is 6.42 Å². The molecule has 2 aromatic heterocycles. The lowest BCUT2D eigenvalue weighted by atomic mass is 10.1. The van der Waals surface area contributed by atoms with Gasteiger partial charge in [-0.05, 0) is 24.8 Å². The van der Waals surface area contributed by atoms with Crippen molar-refractivity contribution in [3.05, 3.63) is 40.2 Å². The van der Waals surface area contributed by atoms with E-state index >= 15 is 0 Å². The van der Waals surface area contributed by atoms with Gasteiger partial charge < -0.3 is 4.42 Å². The first-order valence-corrected chi connectivity index (χ1v) is 7.51. The fourth-order valence-corrected chi connectivity index (χ4v) is 2.01. The average molecular weight is 292 g/mol. The van der Waals surface area contributed by atoms with Crippen molar-refractivity contribution >= 4 is 18.0 Å². The lowest BCUT2D eigenvalue weighted by molar-refractivity contribution is 0.555. The molecule has 7 heteroatoms. The molecule has 2 aromatic rings. The number of nitrogens with zero attached hydrogens (tertiary/aromatic N) is 4. The molecule has 2 heterocycles. The molecule has 20 heavy (non-hydrogen) atoms. The molecule has 0 radical (unpaired) electrons. The molecule has 0 saturated heterocycles. The molecule has 0 N–H and O–H groups in total. The van der Waals surface area contributed by atoms with Gasteiger partial charge in [0.15, 0.2) is 0 Å². The second-order valence-corrected chi connectivity index (χ2v) is 5.03. The maximum Gasteiger partial charge on any atom is 0.297 e. The monoisotopic (exact) mass is 292 g/mol. The smallest absolute Gasteiger partial charge is 0.297 e. The summed E-state index contributed by atoms with van der Waals surface area (Å²) < 4.78 is 6.43. The first-order chi connectivity index (χ1) is 9.67. The van der Waals surface area contributed by atoms with Gasteiger partial charge in [0.05, 0.1) is 12.5 Å². The van der Waals surface area contributed by atoms with Gasteiger partial charge in [-0.15, -0.1) is 10.2 Å². The average Bonchev–Trinajstić information content (AvgIpc) is 2.98. The standard InChI is InChI=1S/C13H16N4O2S/c1-4-9(2)11-12(18)17(13(20-3)16-15-11)14-8-10-6-5-7-19-10/h5-9H,4H2,1-3H3. The molecule has 2 rings (SSSR count). The van der Waals surface area contributed by atoms with Gasteiger partial charge in [-0.3, -0.25) is 4.79 Å². The van der Waals surface area contributed by atoms with Crippen molar-refractivity contribution in [2.75, 3.05) is 6.26 Å². The lowest BCUT2D eigenvalue weighted by Gasteiger charge is -2.09. The zero-order chi connectivity index (χ0) is 14.5. The second kappa shape index (κ2) is 6.51. The van der Waals surface area contributed by atoms with Crippen LogP contribution in [0.5, 0.6) is 0 Å². The summed E-state index contributed by atoms with van der Waals surface area (Å²) in [7, 11) is 0. The molecule has 1 unspecified atom stereocenters. The van der Waals surface area contributed by atoms with Crippen molar-refractivity contribution in [3.8, 4) is 0 Å². The Labute approximate surface area is 120 Å². The van der Waals surface area contributed by atoms with Crippen LogP contribution in [0.3, 0.4) is 0 Å². The Hall–Kier alpha value is -1.89. The highest BCUT2D eigenvalue weighted by Gasteiger charge is 2.15. The molecule has 0 aliphatic rings. The van der Waals surface area contributed by atoms with Crippen LogP contribution in [0.15, 0.2) is 37.9 Å². The molecule has 0 saturated carbocycles. The van der Waals surface area contributed by atoms with Crippen LogP contribution < -0.4 is 5.56 Å². The van der Waals surface area contributed by atoms with Crippen LogP contribution in [0.1, 0.15) is 37.6 Å². The van der Waals surface area contributed by atoms with Crippen LogP contribution >= 0.6 is 11.8 Å². The molecule has 0 aliphatic heterocycles. The van der Waals surface area contributed by atoms with Crippen LogP contribution in [0.4, 0.5) is 0 Å². The molecule has 0 aromatic carbocycles. The summed E-state index contributed by atoms with van der Waals surface area (Å²) in [5.74, 6) is 0.627. The van der Waals surface area contributed by atoms with Crippen LogP contribution in [0, 0.1) is 0 Å². The highest BCUT2D eigenvalue weighted by molar-refractivity contribution is 7.98. The molecular weight excluding hydrogens is 276 g/mol. The Morgan fingerprint density at radius 1 is 1.55 bits per heavy atom.